The Morgan fingerprint density at radius 2 is 1.76 bits per heavy atom. The number of hydrogen-bond donors (Lipinski definition) is 0. The predicted molar refractivity (Wildman–Crippen MR) is 97.1 cm³/mol. The van der Waals surface area contributed by atoms with Crippen molar-refractivity contribution in [2.45, 2.75) is 19.4 Å². The minimum Gasteiger partial charge on any atom is -0.497 e. The van der Waals surface area contributed by atoms with Crippen molar-refractivity contribution in [3.05, 3.63) is 59.7 Å². The van der Waals surface area contributed by atoms with Crippen LogP contribution in [0.3, 0.4) is 0 Å². The van der Waals surface area contributed by atoms with Crippen LogP contribution in [-0.2, 0) is 11.4 Å². The van der Waals surface area contributed by atoms with Crippen LogP contribution in [-0.4, -0.2) is 20.0 Å². The Bertz CT molecular complexity index is 758. The smallest absolute Gasteiger partial charge is 0.158 e. The largest absolute Gasteiger partial charge is 0.497 e. The summed E-state index contributed by atoms with van der Waals surface area (Å²) in [7, 11) is 3.27. The Kier molecular flexibility index (Phi) is 5.39. The van der Waals surface area contributed by atoms with Gasteiger partial charge in [-0.1, -0.05) is 12.1 Å². The first-order valence-electron chi connectivity index (χ1n) is 8.35. The van der Waals surface area contributed by atoms with Gasteiger partial charge in [-0.25, -0.2) is 0 Å². The normalized spacial score (nSPS) is 13.7. The van der Waals surface area contributed by atoms with Gasteiger partial charge in [0.25, 0.3) is 0 Å². The second-order valence-corrected chi connectivity index (χ2v) is 6.05. The van der Waals surface area contributed by atoms with Gasteiger partial charge in [-0.05, 0) is 60.9 Å². The summed E-state index contributed by atoms with van der Waals surface area (Å²) in [6.07, 6.45) is 5.57. The highest BCUT2D eigenvalue weighted by molar-refractivity contribution is 5.96. The number of hydrogen-bond acceptors (Lipinski definition) is 4. The Balaban J connectivity index is 1.69. The van der Waals surface area contributed by atoms with E-state index < -0.39 is 0 Å². The van der Waals surface area contributed by atoms with E-state index in [1.807, 2.05) is 48.5 Å². The number of methoxy groups -OCH3 is 2. The number of benzene rings is 2. The first kappa shape index (κ1) is 17.1. The molecule has 4 heteroatoms. The van der Waals surface area contributed by atoms with E-state index in [4.69, 9.17) is 14.2 Å². The fourth-order valence-corrected chi connectivity index (χ4v) is 2.53. The fourth-order valence-electron chi connectivity index (χ4n) is 2.53. The van der Waals surface area contributed by atoms with E-state index >= 15 is 0 Å². The average Bonchev–Trinajstić information content (AvgIpc) is 3.50. The van der Waals surface area contributed by atoms with Crippen LogP contribution in [0.25, 0.3) is 6.08 Å². The number of carbonyl (C=O) groups excluding carboxylic acids is 1. The van der Waals surface area contributed by atoms with Gasteiger partial charge in [0.1, 0.15) is 23.9 Å². The lowest BCUT2D eigenvalue weighted by Crippen LogP contribution is -1.99. The van der Waals surface area contributed by atoms with Gasteiger partial charge in [-0.15, -0.1) is 0 Å². The van der Waals surface area contributed by atoms with Crippen LogP contribution in [0.4, 0.5) is 0 Å². The van der Waals surface area contributed by atoms with Crippen LogP contribution in [0.5, 0.6) is 17.2 Å². The quantitative estimate of drug-likeness (QED) is 0.674. The molecule has 130 valence electrons. The molecule has 0 spiro atoms. The second kappa shape index (κ2) is 7.88. The van der Waals surface area contributed by atoms with Gasteiger partial charge in [-0.2, -0.15) is 0 Å². The van der Waals surface area contributed by atoms with Crippen LogP contribution in [0.2, 0.25) is 0 Å². The van der Waals surface area contributed by atoms with Gasteiger partial charge in [-0.3, -0.25) is 4.79 Å². The Morgan fingerprint density at radius 3 is 2.40 bits per heavy atom. The maximum Gasteiger partial charge on any atom is 0.158 e. The zero-order chi connectivity index (χ0) is 17.6. The zero-order valence-electron chi connectivity index (χ0n) is 14.5. The molecular formula is C21H22O4. The molecule has 0 aromatic heterocycles. The maximum absolute atomic E-state index is 11.8. The molecule has 0 amide bonds. The van der Waals surface area contributed by atoms with Crippen LogP contribution in [0, 0.1) is 5.92 Å². The van der Waals surface area contributed by atoms with E-state index in [2.05, 4.69) is 0 Å². The standard InChI is InChI=1S/C21H22O4/c1-23-18-7-9-19(10-8-18)25-14-17-13-15(4-12-21(17)24-2)3-11-20(22)16-5-6-16/h3-4,7-13,16H,5-6,14H2,1-2H3/b11-3+. The lowest BCUT2D eigenvalue weighted by molar-refractivity contribution is -0.115. The molecule has 0 bridgehead atoms. The molecule has 2 aromatic carbocycles. The van der Waals surface area contributed by atoms with E-state index in [0.29, 0.717) is 6.61 Å². The molecule has 0 aliphatic heterocycles. The van der Waals surface area contributed by atoms with E-state index in [1.54, 1.807) is 20.3 Å². The van der Waals surface area contributed by atoms with Crippen molar-refractivity contribution in [3.8, 4) is 17.2 Å². The molecule has 25 heavy (non-hydrogen) atoms. The van der Waals surface area contributed by atoms with Crippen molar-refractivity contribution in [1.82, 2.24) is 0 Å². The van der Waals surface area contributed by atoms with E-state index in [-0.39, 0.29) is 11.7 Å². The fraction of sp³-hybridized carbons (Fsp3) is 0.286. The molecule has 0 radical (unpaired) electrons. The SMILES string of the molecule is COc1ccc(OCc2cc(/C=C/C(=O)C3CC3)ccc2OC)cc1. The third-order valence-corrected chi connectivity index (χ3v) is 4.18. The molecule has 1 fully saturated rings. The van der Waals surface area contributed by atoms with Gasteiger partial charge in [0, 0.05) is 11.5 Å². The van der Waals surface area contributed by atoms with Crippen molar-refractivity contribution in [3.63, 3.8) is 0 Å². The first-order valence-corrected chi connectivity index (χ1v) is 8.35. The van der Waals surface area contributed by atoms with Gasteiger partial charge in [0.15, 0.2) is 5.78 Å². The molecule has 3 rings (SSSR count). The lowest BCUT2D eigenvalue weighted by atomic mass is 10.1. The topological polar surface area (TPSA) is 44.8 Å². The number of ketones is 1. The summed E-state index contributed by atoms with van der Waals surface area (Å²) < 4.78 is 16.4. The zero-order valence-corrected chi connectivity index (χ0v) is 14.5. The number of ether oxygens (including phenoxy) is 3. The van der Waals surface area contributed by atoms with E-state index in [0.717, 1.165) is 41.2 Å². The highest BCUT2D eigenvalue weighted by atomic mass is 16.5. The van der Waals surface area contributed by atoms with Crippen molar-refractivity contribution in [1.29, 1.82) is 0 Å². The Hall–Kier alpha value is -2.75. The van der Waals surface area contributed by atoms with Crippen molar-refractivity contribution in [2.75, 3.05) is 14.2 Å². The summed E-state index contributed by atoms with van der Waals surface area (Å²) in [6.45, 7) is 0.383. The minimum absolute atomic E-state index is 0.215. The van der Waals surface area contributed by atoms with Gasteiger partial charge in [0.2, 0.25) is 0 Å². The predicted octanol–water partition coefficient (Wildman–Crippen LogP) is 4.28. The Morgan fingerprint density at radius 1 is 1.04 bits per heavy atom. The first-order chi connectivity index (χ1) is 12.2. The molecule has 0 saturated heterocycles. The summed E-state index contributed by atoms with van der Waals surface area (Å²) >= 11 is 0. The van der Waals surface area contributed by atoms with Crippen LogP contribution < -0.4 is 14.2 Å². The summed E-state index contributed by atoms with van der Waals surface area (Å²) in [4.78, 5) is 11.8. The van der Waals surface area contributed by atoms with Gasteiger partial charge in [0.05, 0.1) is 14.2 Å². The Labute approximate surface area is 148 Å². The molecule has 2 aromatic rings. The van der Waals surface area contributed by atoms with Crippen LogP contribution >= 0.6 is 0 Å². The molecule has 0 unspecified atom stereocenters. The number of carbonyl (C=O) groups is 1. The molecule has 1 saturated carbocycles. The van der Waals surface area contributed by atoms with Crippen molar-refractivity contribution < 1.29 is 19.0 Å². The molecule has 4 nitrogen and oxygen atoms in total. The number of allylic oxidation sites excluding steroid dienone is 1. The second-order valence-electron chi connectivity index (χ2n) is 6.05. The molecule has 1 aliphatic rings. The molecule has 0 N–H and O–H groups in total. The van der Waals surface area contributed by atoms with Crippen LogP contribution in [0.15, 0.2) is 48.5 Å². The minimum atomic E-state index is 0.215. The molecule has 0 heterocycles. The monoisotopic (exact) mass is 338 g/mol. The highest BCUT2D eigenvalue weighted by Crippen LogP contribution is 2.30. The molecular weight excluding hydrogens is 316 g/mol. The maximum atomic E-state index is 11.8. The average molecular weight is 338 g/mol. The summed E-state index contributed by atoms with van der Waals surface area (Å²) in [6, 6.07) is 13.3. The van der Waals surface area contributed by atoms with E-state index in [9.17, 15) is 4.79 Å². The van der Waals surface area contributed by atoms with Crippen molar-refractivity contribution in [2.24, 2.45) is 5.92 Å². The highest BCUT2D eigenvalue weighted by Gasteiger charge is 2.27. The summed E-state index contributed by atoms with van der Waals surface area (Å²) in [5.74, 6) is 2.77. The third-order valence-electron chi connectivity index (χ3n) is 4.18. The number of rotatable bonds is 8. The van der Waals surface area contributed by atoms with Crippen molar-refractivity contribution >= 4 is 11.9 Å². The molecule has 0 atom stereocenters. The molecule has 1 aliphatic carbocycles. The van der Waals surface area contributed by atoms with Crippen LogP contribution in [0.1, 0.15) is 24.0 Å². The summed E-state index contributed by atoms with van der Waals surface area (Å²) in [5.41, 5.74) is 1.89. The van der Waals surface area contributed by atoms with Gasteiger partial charge < -0.3 is 14.2 Å². The lowest BCUT2D eigenvalue weighted by Gasteiger charge is -2.11. The third kappa shape index (κ3) is 4.63. The van der Waals surface area contributed by atoms with E-state index in [1.165, 1.54) is 0 Å². The van der Waals surface area contributed by atoms with Gasteiger partial charge >= 0.3 is 0 Å². The summed E-state index contributed by atoms with van der Waals surface area (Å²) in [5, 5.41) is 0.